The van der Waals surface area contributed by atoms with Crippen molar-refractivity contribution in [2.75, 3.05) is 30.3 Å². The van der Waals surface area contributed by atoms with E-state index in [0.717, 1.165) is 52.9 Å². The first-order valence-electron chi connectivity index (χ1n) is 45.9. The molecular formula is C110H115F3N14O12. The predicted octanol–water partition coefficient (Wildman–Crippen LogP) is 21.0. The molecule has 0 unspecified atom stereocenters. The van der Waals surface area contributed by atoms with Crippen molar-refractivity contribution in [1.29, 1.82) is 0 Å². The largest absolute Gasteiger partial charge is 0.473 e. The molecule has 6 aromatic carbocycles. The van der Waals surface area contributed by atoms with E-state index in [-0.39, 0.29) is 84.2 Å². The van der Waals surface area contributed by atoms with Crippen LogP contribution >= 0.6 is 0 Å². The summed E-state index contributed by atoms with van der Waals surface area (Å²) in [6.45, 7) is 17.9. The van der Waals surface area contributed by atoms with Gasteiger partial charge in [-0.25, -0.2) is 53.0 Å². The Balaban J connectivity index is 0.000000160. The molecule has 2 fully saturated rings. The maximum atomic E-state index is 13.2. The van der Waals surface area contributed by atoms with E-state index < -0.39 is 0 Å². The average Bonchev–Trinajstić information content (AvgIpc) is 1.83. The fraction of sp³-hybridized carbons (Fsp3) is 0.255. The highest BCUT2D eigenvalue weighted by molar-refractivity contribution is 6.04. The molecule has 2 aliphatic rings. The predicted molar refractivity (Wildman–Crippen MR) is 527 cm³/mol. The molecule has 0 bridgehead atoms. The molecule has 0 atom stereocenters. The van der Waals surface area contributed by atoms with E-state index in [1.54, 1.807) is 178 Å². The van der Waals surface area contributed by atoms with E-state index in [0.29, 0.717) is 130 Å². The fourth-order valence-corrected chi connectivity index (χ4v) is 13.3. The maximum absolute atomic E-state index is 13.2. The Morgan fingerprint density at radius 1 is 0.338 bits per heavy atom. The molecule has 14 aromatic rings. The van der Waals surface area contributed by atoms with Crippen molar-refractivity contribution in [3.05, 3.63) is 406 Å². The van der Waals surface area contributed by atoms with E-state index in [1.165, 1.54) is 99.9 Å². The number of nitrogens with zero attached hydrogens (tertiary/aromatic N) is 8. The Bertz CT molecular complexity index is 6020. The van der Waals surface area contributed by atoms with Crippen molar-refractivity contribution in [3.8, 4) is 35.3 Å². The van der Waals surface area contributed by atoms with Crippen molar-refractivity contribution in [1.82, 2.24) is 61.1 Å². The minimum atomic E-state index is -0.301. The number of aryl methyl sites for hydroxylation is 2. The van der Waals surface area contributed by atoms with Crippen LogP contribution in [0, 0.1) is 48.5 Å². The number of carbonyl (C=O) groups excluding carboxylic acids is 6. The number of pyridine rings is 8. The summed E-state index contributed by atoms with van der Waals surface area (Å²) < 4.78 is 72.7. The van der Waals surface area contributed by atoms with Gasteiger partial charge >= 0.3 is 0 Å². The lowest BCUT2D eigenvalue weighted by Gasteiger charge is -2.21. The smallest absolute Gasteiger partial charge is 0.258 e. The van der Waals surface area contributed by atoms with Crippen molar-refractivity contribution in [2.45, 2.75) is 146 Å². The van der Waals surface area contributed by atoms with Gasteiger partial charge in [0.05, 0.1) is 44.8 Å². The number of anilines is 2. The number of rotatable bonds is 33. The van der Waals surface area contributed by atoms with E-state index in [2.05, 4.69) is 92.5 Å². The lowest BCUT2D eigenvalue weighted by atomic mass is 9.89. The number of nitrogens with one attached hydrogen (secondary N) is 6. The third kappa shape index (κ3) is 38.3. The molecule has 0 radical (unpaired) electrons. The molecule has 2 saturated carbocycles. The Morgan fingerprint density at radius 3 is 0.993 bits per heavy atom. The van der Waals surface area contributed by atoms with Gasteiger partial charge in [-0.15, -0.1) is 0 Å². The molecule has 0 saturated heterocycles. The number of ether oxygens (including phenoxy) is 6. The van der Waals surface area contributed by atoms with Gasteiger partial charge < -0.3 is 60.3 Å². The van der Waals surface area contributed by atoms with Gasteiger partial charge in [-0.2, -0.15) is 0 Å². The van der Waals surface area contributed by atoms with E-state index >= 15 is 0 Å². The zero-order chi connectivity index (χ0) is 98.4. The third-order valence-corrected chi connectivity index (χ3v) is 21.0. The maximum Gasteiger partial charge on any atom is 0.258 e. The second kappa shape index (κ2) is 55.1. The minimum Gasteiger partial charge on any atom is -0.473 e. The van der Waals surface area contributed by atoms with Crippen molar-refractivity contribution < 1.29 is 70.4 Å². The number of amides is 6. The summed E-state index contributed by atoms with van der Waals surface area (Å²) in [5.74, 6) is 3.11. The molecule has 6 amide bonds. The zero-order valence-electron chi connectivity index (χ0n) is 78.8. The standard InChI is InChI=1S/C20H25FN2O2.C20H24N2O2.C18H19FN2O2.2C18H15N3O2.C16H17FN2O2/c1-14-17(19(24)22-11-10-20(2,3)4)8-9-18(23-14)25-13-15-6-5-7-16(21)12-15;23-20(22-13-16-7-3-1-4-8-16)18-11-12-19(21-14-18)24-15-17-9-5-2-6-10-17;1-12-16(18(22)20-10-13-5-6-13)7-8-17(21-12)23-11-14-3-2-4-15(19)9-14;2*22-18(21-16-8-4-5-11-19-16)15-9-10-17(20-12-15)23-13-14-6-2-1-3-7-14;1-11(2)19-16(20)13-6-7-15(18-9-13)21-10-12-4-3-5-14(17)8-12/h5-9,12H,10-11,13H2,1-4H3,(H,22,24);2,5-6,9-12,14,16H,1,3-4,7-8,13,15H2,(H,22,23);2-4,7-9,13H,5-6,10-11H2,1H3,(H,20,22);2*1-12H,13H2,(H,19,21,22);3-9,11H,10H2,1-2H3,(H,19,20). The molecule has 29 heteroatoms. The van der Waals surface area contributed by atoms with Gasteiger partial charge in [0.2, 0.25) is 35.3 Å². The SMILES string of the molecule is CC(C)NC(=O)c1ccc(OCc2cccc(F)c2)nc1.Cc1nc(OCc2cccc(F)c2)ccc1C(=O)NCC1CC1.Cc1nc(OCc2cccc(F)c2)ccc1C(=O)NCCC(C)(C)C.O=C(NCC1CCCCC1)c1ccc(OCc2ccccc2)nc1.O=C(Nc1ccccn1)c1ccc(OCc2ccccc2)nc1.O=C(Nc1ccccn1)c1ccc(OCc2ccccc2)nc1. The van der Waals surface area contributed by atoms with Gasteiger partial charge in [0.25, 0.3) is 35.4 Å². The summed E-state index contributed by atoms with van der Waals surface area (Å²) in [6, 6.07) is 79.2. The van der Waals surface area contributed by atoms with Crippen molar-refractivity contribution in [2.24, 2.45) is 17.3 Å². The quantitative estimate of drug-likeness (QED) is 0.0222. The van der Waals surface area contributed by atoms with Crippen molar-refractivity contribution in [3.63, 3.8) is 0 Å². The Morgan fingerprint density at radius 2 is 0.662 bits per heavy atom. The van der Waals surface area contributed by atoms with Crippen LogP contribution in [0.25, 0.3) is 0 Å². The van der Waals surface area contributed by atoms with Gasteiger partial charge in [0, 0.05) is 99.3 Å². The Kier molecular flexibility index (Phi) is 41.0. The zero-order valence-corrected chi connectivity index (χ0v) is 78.8. The average molecular weight is 1880 g/mol. The van der Waals surface area contributed by atoms with Crippen molar-refractivity contribution >= 4 is 47.1 Å². The van der Waals surface area contributed by atoms with Gasteiger partial charge in [0.15, 0.2) is 0 Å². The first kappa shape index (κ1) is 103. The van der Waals surface area contributed by atoms with Crippen LogP contribution in [-0.4, -0.2) is 101 Å². The molecule has 2 aliphatic carbocycles. The molecule has 6 N–H and O–H groups in total. The first-order chi connectivity index (χ1) is 67.3. The summed E-state index contributed by atoms with van der Waals surface area (Å²) >= 11 is 0. The minimum absolute atomic E-state index is 0.0531. The molecule has 26 nitrogen and oxygen atoms in total. The van der Waals surface area contributed by atoms with E-state index in [4.69, 9.17) is 28.4 Å². The van der Waals surface area contributed by atoms with Gasteiger partial charge in [-0.05, 0) is 207 Å². The van der Waals surface area contributed by atoms with Crippen LogP contribution in [0.4, 0.5) is 24.8 Å². The number of hydrogen-bond acceptors (Lipinski definition) is 20. The number of carbonyl (C=O) groups is 6. The summed E-state index contributed by atoms with van der Waals surface area (Å²) in [5.41, 5.74) is 9.83. The first-order valence-corrected chi connectivity index (χ1v) is 45.9. The van der Waals surface area contributed by atoms with Crippen LogP contribution in [-0.2, 0) is 39.6 Å². The lowest BCUT2D eigenvalue weighted by Crippen LogP contribution is -2.30. The monoisotopic (exact) mass is 1880 g/mol. The highest BCUT2D eigenvalue weighted by Crippen LogP contribution is 2.29. The Labute approximate surface area is 808 Å². The third-order valence-electron chi connectivity index (χ3n) is 21.0. The molecular weight excluding hydrogens is 1770 g/mol. The highest BCUT2D eigenvalue weighted by atomic mass is 19.1. The van der Waals surface area contributed by atoms with Crippen LogP contribution in [0.5, 0.6) is 35.3 Å². The molecule has 0 spiro atoms. The fourth-order valence-electron chi connectivity index (χ4n) is 13.3. The summed E-state index contributed by atoms with van der Waals surface area (Å²) in [4.78, 5) is 106. The van der Waals surface area contributed by atoms with Crippen LogP contribution in [0.2, 0.25) is 0 Å². The number of halogens is 3. The Hall–Kier alpha value is -16.1. The highest BCUT2D eigenvalue weighted by Gasteiger charge is 2.24. The summed E-state index contributed by atoms with van der Waals surface area (Å²) in [6.07, 6.45) is 18.9. The lowest BCUT2D eigenvalue weighted by molar-refractivity contribution is 0.0934. The normalized spacial score (nSPS) is 11.8. The molecule has 16 rings (SSSR count). The topological polar surface area (TPSA) is 333 Å². The molecule has 139 heavy (non-hydrogen) atoms. The van der Waals surface area contributed by atoms with Crippen LogP contribution < -0.4 is 60.3 Å². The molecule has 8 heterocycles. The number of benzene rings is 6. The van der Waals surface area contributed by atoms with Crippen LogP contribution in [0.15, 0.2) is 310 Å². The summed E-state index contributed by atoms with van der Waals surface area (Å²) in [7, 11) is 0. The second-order valence-corrected chi connectivity index (χ2v) is 34.1. The number of aromatic nitrogens is 8. The molecule has 718 valence electrons. The molecule has 0 aliphatic heterocycles. The molecule has 8 aromatic heterocycles. The van der Waals surface area contributed by atoms with Gasteiger partial charge in [-0.1, -0.05) is 180 Å². The van der Waals surface area contributed by atoms with Gasteiger partial charge in [-0.3, -0.25) is 28.8 Å². The van der Waals surface area contributed by atoms with Crippen LogP contribution in [0.1, 0.15) is 193 Å². The van der Waals surface area contributed by atoms with Gasteiger partial charge in [0.1, 0.15) is 68.7 Å². The van der Waals surface area contributed by atoms with E-state index in [1.807, 2.05) is 105 Å². The summed E-state index contributed by atoms with van der Waals surface area (Å²) in [5, 5.41) is 17.1. The van der Waals surface area contributed by atoms with Crippen LogP contribution in [0.3, 0.4) is 0 Å². The second-order valence-electron chi connectivity index (χ2n) is 34.1. The van der Waals surface area contributed by atoms with E-state index in [9.17, 15) is 41.9 Å². The number of hydrogen-bond donors (Lipinski definition) is 6.